The van der Waals surface area contributed by atoms with Crippen molar-refractivity contribution in [3.63, 3.8) is 0 Å². The molecule has 2 aromatic rings. The molecule has 0 amide bonds. The Morgan fingerprint density at radius 2 is 1.78 bits per heavy atom. The summed E-state index contributed by atoms with van der Waals surface area (Å²) in [7, 11) is 1.56. The monoisotopic (exact) mass is 312 g/mol. The van der Waals surface area contributed by atoms with E-state index in [9.17, 15) is 14.7 Å². The van der Waals surface area contributed by atoms with Gasteiger partial charge >= 0.3 is 0 Å². The Balaban J connectivity index is 2.21. The Morgan fingerprint density at radius 3 is 2.39 bits per heavy atom. The third-order valence-electron chi connectivity index (χ3n) is 3.70. The first-order valence-electron chi connectivity index (χ1n) is 7.46. The van der Waals surface area contributed by atoms with Gasteiger partial charge in [0.25, 0.3) is 0 Å². The first-order chi connectivity index (χ1) is 10.9. The van der Waals surface area contributed by atoms with E-state index in [0.29, 0.717) is 11.3 Å². The second-order valence-electron chi connectivity index (χ2n) is 5.65. The molecule has 120 valence electrons. The van der Waals surface area contributed by atoms with E-state index in [1.54, 1.807) is 31.4 Å². The van der Waals surface area contributed by atoms with Crippen LogP contribution in [-0.4, -0.2) is 23.8 Å². The molecule has 0 bridgehead atoms. The van der Waals surface area contributed by atoms with E-state index in [4.69, 9.17) is 4.74 Å². The van der Waals surface area contributed by atoms with Crippen LogP contribution in [0.5, 0.6) is 11.5 Å². The lowest BCUT2D eigenvalue weighted by molar-refractivity contribution is 0.0893. The number of hydrogen-bond donors (Lipinski definition) is 1. The lowest BCUT2D eigenvalue weighted by atomic mass is 9.96. The molecule has 0 heterocycles. The number of methoxy groups -OCH3 is 1. The van der Waals surface area contributed by atoms with Crippen molar-refractivity contribution in [2.45, 2.75) is 26.2 Å². The molecule has 0 aliphatic rings. The number of carbonyl (C=O) groups excluding carboxylic acids is 2. The molecule has 0 unspecified atom stereocenters. The maximum atomic E-state index is 12.3. The van der Waals surface area contributed by atoms with Crippen LogP contribution >= 0.6 is 0 Å². The number of carbonyl (C=O) groups is 2. The van der Waals surface area contributed by atoms with E-state index in [1.807, 2.05) is 19.9 Å². The minimum atomic E-state index is -0.403. The minimum absolute atomic E-state index is 0.113. The number of benzene rings is 2. The Kier molecular flexibility index (Phi) is 5.16. The summed E-state index contributed by atoms with van der Waals surface area (Å²) in [6.45, 7) is 4.09. The van der Waals surface area contributed by atoms with Crippen LogP contribution in [0.25, 0.3) is 0 Å². The second-order valence-corrected chi connectivity index (χ2v) is 5.65. The Hall–Kier alpha value is -2.62. The highest BCUT2D eigenvalue weighted by molar-refractivity contribution is 6.14. The molecule has 2 rings (SSSR count). The molecule has 4 nitrogen and oxygen atoms in total. The van der Waals surface area contributed by atoms with Crippen molar-refractivity contribution in [1.29, 1.82) is 0 Å². The number of phenolic OH excluding ortho intramolecular Hbond substituents is 1. The number of Topliss-reactive ketones (excluding diaryl/α,β-unsaturated/α-hetero) is 2. The van der Waals surface area contributed by atoms with Gasteiger partial charge in [-0.3, -0.25) is 9.59 Å². The summed E-state index contributed by atoms with van der Waals surface area (Å²) < 4.78 is 5.33. The molecule has 0 aromatic heterocycles. The molecule has 0 saturated heterocycles. The number of rotatable bonds is 6. The Morgan fingerprint density at radius 1 is 1.09 bits per heavy atom. The van der Waals surface area contributed by atoms with Crippen molar-refractivity contribution >= 4 is 11.6 Å². The topological polar surface area (TPSA) is 63.6 Å². The lowest BCUT2D eigenvalue weighted by Crippen LogP contribution is -2.09. The summed E-state index contributed by atoms with van der Waals surface area (Å²) in [5.41, 5.74) is 1.60. The van der Waals surface area contributed by atoms with E-state index >= 15 is 0 Å². The first kappa shape index (κ1) is 16.7. The molecule has 23 heavy (non-hydrogen) atoms. The van der Waals surface area contributed by atoms with Crippen LogP contribution in [0.15, 0.2) is 42.5 Å². The third kappa shape index (κ3) is 3.77. The number of phenols is 1. The van der Waals surface area contributed by atoms with Crippen LogP contribution in [0.2, 0.25) is 0 Å². The number of ether oxygens (including phenoxy) is 1. The molecular formula is C19H20O4. The zero-order valence-electron chi connectivity index (χ0n) is 13.5. The number of hydrogen-bond acceptors (Lipinski definition) is 4. The second kappa shape index (κ2) is 7.09. The van der Waals surface area contributed by atoms with Gasteiger partial charge in [-0.05, 0) is 29.7 Å². The van der Waals surface area contributed by atoms with Gasteiger partial charge in [-0.15, -0.1) is 0 Å². The predicted molar refractivity (Wildman–Crippen MR) is 88.5 cm³/mol. The van der Waals surface area contributed by atoms with Crippen molar-refractivity contribution in [2.75, 3.05) is 7.11 Å². The van der Waals surface area contributed by atoms with Gasteiger partial charge in [0.1, 0.15) is 11.5 Å². The minimum Gasteiger partial charge on any atom is -0.507 e. The maximum absolute atomic E-state index is 12.3. The maximum Gasteiger partial charge on any atom is 0.174 e. The van der Waals surface area contributed by atoms with Crippen LogP contribution in [0.4, 0.5) is 0 Å². The fourth-order valence-electron chi connectivity index (χ4n) is 2.41. The average Bonchev–Trinajstić information content (AvgIpc) is 2.54. The van der Waals surface area contributed by atoms with Gasteiger partial charge in [-0.2, -0.15) is 0 Å². The molecule has 0 aliphatic carbocycles. The summed E-state index contributed by atoms with van der Waals surface area (Å²) in [5.74, 6) is 0.0998. The van der Waals surface area contributed by atoms with Crippen molar-refractivity contribution < 1.29 is 19.4 Å². The quantitative estimate of drug-likeness (QED) is 0.647. The molecule has 1 N–H and O–H groups in total. The number of aromatic hydroxyl groups is 1. The van der Waals surface area contributed by atoms with Gasteiger partial charge in [-0.25, -0.2) is 0 Å². The number of ketones is 2. The number of para-hydroxylation sites is 1. The van der Waals surface area contributed by atoms with Gasteiger partial charge in [-0.1, -0.05) is 38.1 Å². The zero-order chi connectivity index (χ0) is 17.0. The highest BCUT2D eigenvalue weighted by atomic mass is 16.5. The fourth-order valence-corrected chi connectivity index (χ4v) is 2.41. The Labute approximate surface area is 135 Å². The molecular weight excluding hydrogens is 292 g/mol. The van der Waals surface area contributed by atoms with Gasteiger partial charge in [0.15, 0.2) is 11.6 Å². The van der Waals surface area contributed by atoms with Crippen molar-refractivity contribution in [2.24, 2.45) is 0 Å². The summed E-state index contributed by atoms with van der Waals surface area (Å²) in [6.07, 6.45) is -0.290. The van der Waals surface area contributed by atoms with Crippen molar-refractivity contribution in [3.05, 3.63) is 59.2 Å². The summed E-state index contributed by atoms with van der Waals surface area (Å²) >= 11 is 0. The van der Waals surface area contributed by atoms with Crippen molar-refractivity contribution in [3.8, 4) is 11.5 Å². The molecule has 0 atom stereocenters. The van der Waals surface area contributed by atoms with E-state index in [-0.39, 0.29) is 29.4 Å². The molecule has 0 aliphatic heterocycles. The molecule has 0 saturated carbocycles. The van der Waals surface area contributed by atoms with Gasteiger partial charge in [0.2, 0.25) is 0 Å². The molecule has 2 aromatic carbocycles. The molecule has 0 spiro atoms. The van der Waals surface area contributed by atoms with E-state index in [2.05, 4.69) is 0 Å². The van der Waals surface area contributed by atoms with Crippen LogP contribution in [0.1, 0.15) is 52.5 Å². The first-order valence-corrected chi connectivity index (χ1v) is 7.46. The summed E-state index contributed by atoms with van der Waals surface area (Å²) in [5, 5.41) is 9.69. The highest BCUT2D eigenvalue weighted by Crippen LogP contribution is 2.28. The van der Waals surface area contributed by atoms with Gasteiger partial charge in [0.05, 0.1) is 19.1 Å². The zero-order valence-corrected chi connectivity index (χ0v) is 13.5. The SMILES string of the molecule is COc1cc(C(=O)CC(=O)c2ccccc2O)ccc1C(C)C. The standard InChI is InChI=1S/C19H20O4/c1-12(2)14-9-8-13(10-19(14)23-3)17(21)11-18(22)15-6-4-5-7-16(15)20/h4-10,12,20H,11H2,1-3H3. The normalized spacial score (nSPS) is 10.6. The largest absolute Gasteiger partial charge is 0.507 e. The van der Waals surface area contributed by atoms with E-state index in [1.165, 1.54) is 12.1 Å². The van der Waals surface area contributed by atoms with E-state index < -0.39 is 5.78 Å². The average molecular weight is 312 g/mol. The predicted octanol–water partition coefficient (Wildman–Crippen LogP) is 3.98. The van der Waals surface area contributed by atoms with Crippen molar-refractivity contribution in [1.82, 2.24) is 0 Å². The lowest BCUT2D eigenvalue weighted by Gasteiger charge is -2.13. The highest BCUT2D eigenvalue weighted by Gasteiger charge is 2.18. The Bertz CT molecular complexity index is 732. The van der Waals surface area contributed by atoms with Crippen LogP contribution in [0.3, 0.4) is 0 Å². The summed E-state index contributed by atoms with van der Waals surface area (Å²) in [4.78, 5) is 24.5. The summed E-state index contributed by atoms with van der Waals surface area (Å²) in [6, 6.07) is 11.4. The fraction of sp³-hybridized carbons (Fsp3) is 0.263. The van der Waals surface area contributed by atoms with Gasteiger partial charge < -0.3 is 9.84 Å². The molecule has 0 fully saturated rings. The molecule has 0 radical (unpaired) electrons. The van der Waals surface area contributed by atoms with Crippen LogP contribution < -0.4 is 4.74 Å². The third-order valence-corrected chi connectivity index (χ3v) is 3.70. The van der Waals surface area contributed by atoms with Crippen LogP contribution in [-0.2, 0) is 0 Å². The van der Waals surface area contributed by atoms with Gasteiger partial charge in [0, 0.05) is 5.56 Å². The molecule has 4 heteroatoms. The van der Waals surface area contributed by atoms with Crippen LogP contribution in [0, 0.1) is 0 Å². The smallest absolute Gasteiger partial charge is 0.174 e. The van der Waals surface area contributed by atoms with E-state index in [0.717, 1.165) is 5.56 Å².